The molecule has 2 rings (SSSR count). The predicted octanol–water partition coefficient (Wildman–Crippen LogP) is 1.21. The maximum Gasteiger partial charge on any atom is 0.255 e. The Morgan fingerprint density at radius 2 is 2.14 bits per heavy atom. The van der Waals surface area contributed by atoms with Crippen LogP contribution in [0, 0.1) is 0 Å². The molecule has 3 N–H and O–H groups in total. The molecule has 0 aliphatic rings. The van der Waals surface area contributed by atoms with E-state index in [0.717, 1.165) is 10.9 Å². The molecule has 0 spiro atoms. The lowest BCUT2D eigenvalue weighted by atomic mass is 10.1. The van der Waals surface area contributed by atoms with Crippen LogP contribution < -0.4 is 16.6 Å². The summed E-state index contributed by atoms with van der Waals surface area (Å²) >= 11 is 0. The van der Waals surface area contributed by atoms with Crippen LogP contribution in [-0.2, 0) is 18.3 Å². The molecule has 120 valence electrons. The molecule has 0 amide bonds. The van der Waals surface area contributed by atoms with Gasteiger partial charge in [-0.1, -0.05) is 18.2 Å². The SMILES string of the molecule is COCCNC(N)=NCc1cc2ccccc2n(C)c1=O.I. The van der Waals surface area contributed by atoms with Crippen molar-refractivity contribution in [3.63, 3.8) is 0 Å². The third-order valence-electron chi connectivity index (χ3n) is 3.24. The van der Waals surface area contributed by atoms with Gasteiger partial charge in [-0.25, -0.2) is 4.99 Å². The summed E-state index contributed by atoms with van der Waals surface area (Å²) in [6.07, 6.45) is 0. The number of aliphatic imine (C=N–C) groups is 1. The zero-order valence-electron chi connectivity index (χ0n) is 12.7. The minimum Gasteiger partial charge on any atom is -0.383 e. The average Bonchev–Trinajstić information content (AvgIpc) is 2.50. The van der Waals surface area contributed by atoms with Gasteiger partial charge in [-0.3, -0.25) is 4.79 Å². The first kappa shape index (κ1) is 18.4. The van der Waals surface area contributed by atoms with E-state index in [1.165, 1.54) is 0 Å². The Labute approximate surface area is 146 Å². The summed E-state index contributed by atoms with van der Waals surface area (Å²) in [6, 6.07) is 9.62. The topological polar surface area (TPSA) is 81.6 Å². The fourth-order valence-corrected chi connectivity index (χ4v) is 2.11. The number of nitrogens with one attached hydrogen (secondary N) is 1. The number of benzene rings is 1. The maximum absolute atomic E-state index is 12.3. The Kier molecular flexibility index (Phi) is 7.33. The number of nitrogens with two attached hydrogens (primary N) is 1. The molecular weight excluding hydrogens is 395 g/mol. The molecule has 0 aliphatic carbocycles. The number of fused-ring (bicyclic) bond motifs is 1. The fourth-order valence-electron chi connectivity index (χ4n) is 2.11. The molecule has 0 atom stereocenters. The number of methoxy groups -OCH3 is 1. The largest absolute Gasteiger partial charge is 0.383 e. The number of pyridine rings is 1. The van der Waals surface area contributed by atoms with Gasteiger partial charge in [0.15, 0.2) is 5.96 Å². The van der Waals surface area contributed by atoms with Crippen molar-refractivity contribution in [1.29, 1.82) is 0 Å². The first-order valence-electron chi connectivity index (χ1n) is 6.74. The maximum atomic E-state index is 12.3. The Morgan fingerprint density at radius 1 is 1.41 bits per heavy atom. The third-order valence-corrected chi connectivity index (χ3v) is 3.24. The van der Waals surface area contributed by atoms with Crippen LogP contribution in [0.2, 0.25) is 0 Å². The number of guanidine groups is 1. The van der Waals surface area contributed by atoms with Gasteiger partial charge in [-0.15, -0.1) is 24.0 Å². The Hall–Kier alpha value is -1.61. The summed E-state index contributed by atoms with van der Waals surface area (Å²) in [7, 11) is 3.38. The summed E-state index contributed by atoms with van der Waals surface area (Å²) in [4.78, 5) is 16.5. The number of aryl methyl sites for hydroxylation is 1. The molecule has 1 aromatic carbocycles. The van der Waals surface area contributed by atoms with E-state index in [9.17, 15) is 4.79 Å². The molecule has 6 nitrogen and oxygen atoms in total. The van der Waals surface area contributed by atoms with Crippen molar-refractivity contribution in [3.8, 4) is 0 Å². The van der Waals surface area contributed by atoms with Gasteiger partial charge in [-0.05, 0) is 17.5 Å². The smallest absolute Gasteiger partial charge is 0.255 e. The lowest BCUT2D eigenvalue weighted by Crippen LogP contribution is -2.34. The van der Waals surface area contributed by atoms with E-state index in [-0.39, 0.29) is 36.1 Å². The Morgan fingerprint density at radius 3 is 2.86 bits per heavy atom. The van der Waals surface area contributed by atoms with Crippen LogP contribution in [0.4, 0.5) is 0 Å². The van der Waals surface area contributed by atoms with E-state index < -0.39 is 0 Å². The first-order valence-corrected chi connectivity index (χ1v) is 6.74. The van der Waals surface area contributed by atoms with Crippen LogP contribution in [-0.4, -0.2) is 30.8 Å². The number of ether oxygens (including phenoxy) is 1. The molecule has 1 aromatic heterocycles. The highest BCUT2D eigenvalue weighted by atomic mass is 127. The fraction of sp³-hybridized carbons (Fsp3) is 0.333. The number of rotatable bonds is 5. The molecule has 7 heteroatoms. The second-order valence-electron chi connectivity index (χ2n) is 4.71. The van der Waals surface area contributed by atoms with E-state index in [0.29, 0.717) is 24.7 Å². The van der Waals surface area contributed by atoms with Crippen LogP contribution in [0.1, 0.15) is 5.56 Å². The molecule has 0 saturated carbocycles. The molecular formula is C15H21IN4O2. The summed E-state index contributed by atoms with van der Waals surface area (Å²) in [6.45, 7) is 1.39. The number of halogens is 1. The van der Waals surface area contributed by atoms with Crippen molar-refractivity contribution in [2.24, 2.45) is 17.8 Å². The third kappa shape index (κ3) is 4.44. The molecule has 22 heavy (non-hydrogen) atoms. The molecule has 0 radical (unpaired) electrons. The van der Waals surface area contributed by atoms with Gasteiger partial charge in [0.05, 0.1) is 18.7 Å². The van der Waals surface area contributed by atoms with Crippen molar-refractivity contribution in [2.75, 3.05) is 20.3 Å². The van der Waals surface area contributed by atoms with Crippen molar-refractivity contribution < 1.29 is 4.74 Å². The predicted molar refractivity (Wildman–Crippen MR) is 99.8 cm³/mol. The van der Waals surface area contributed by atoms with Crippen LogP contribution in [0.25, 0.3) is 10.9 Å². The molecule has 2 aromatic rings. The lowest BCUT2D eigenvalue weighted by molar-refractivity contribution is 0.204. The van der Waals surface area contributed by atoms with E-state index in [1.54, 1.807) is 18.7 Å². The zero-order chi connectivity index (χ0) is 15.2. The molecule has 0 saturated heterocycles. The Bertz CT molecular complexity index is 712. The summed E-state index contributed by atoms with van der Waals surface area (Å²) in [5.74, 6) is 0.308. The minimum atomic E-state index is -0.0536. The van der Waals surface area contributed by atoms with Crippen molar-refractivity contribution in [2.45, 2.75) is 6.54 Å². The molecule has 1 heterocycles. The average molecular weight is 416 g/mol. The quantitative estimate of drug-likeness (QED) is 0.332. The van der Waals surface area contributed by atoms with E-state index >= 15 is 0 Å². The second-order valence-corrected chi connectivity index (χ2v) is 4.71. The number of nitrogens with zero attached hydrogens (tertiary/aromatic N) is 2. The highest BCUT2D eigenvalue weighted by Crippen LogP contribution is 2.12. The minimum absolute atomic E-state index is 0. The zero-order valence-corrected chi connectivity index (χ0v) is 15.0. The van der Waals surface area contributed by atoms with Crippen molar-refractivity contribution >= 4 is 40.8 Å². The summed E-state index contributed by atoms with van der Waals surface area (Å²) in [5, 5.41) is 3.93. The molecule has 0 unspecified atom stereocenters. The van der Waals surface area contributed by atoms with Gasteiger partial charge < -0.3 is 20.4 Å². The molecule has 0 aliphatic heterocycles. The van der Waals surface area contributed by atoms with Gasteiger partial charge in [0.25, 0.3) is 5.56 Å². The highest BCUT2D eigenvalue weighted by molar-refractivity contribution is 14.0. The van der Waals surface area contributed by atoms with Crippen LogP contribution in [0.3, 0.4) is 0 Å². The van der Waals surface area contributed by atoms with Crippen molar-refractivity contribution in [1.82, 2.24) is 9.88 Å². The number of hydrogen-bond donors (Lipinski definition) is 2. The van der Waals surface area contributed by atoms with Gasteiger partial charge in [-0.2, -0.15) is 0 Å². The Balaban J connectivity index is 0.00000242. The van der Waals surface area contributed by atoms with Gasteiger partial charge in [0.2, 0.25) is 0 Å². The first-order chi connectivity index (χ1) is 10.1. The number of aromatic nitrogens is 1. The monoisotopic (exact) mass is 416 g/mol. The normalized spacial score (nSPS) is 11.3. The van der Waals surface area contributed by atoms with Crippen LogP contribution in [0.5, 0.6) is 0 Å². The van der Waals surface area contributed by atoms with E-state index in [2.05, 4.69) is 10.3 Å². The molecule has 0 bridgehead atoms. The number of para-hydroxylation sites is 1. The highest BCUT2D eigenvalue weighted by Gasteiger charge is 2.05. The van der Waals surface area contributed by atoms with Gasteiger partial charge in [0, 0.05) is 26.3 Å². The lowest BCUT2D eigenvalue weighted by Gasteiger charge is -2.08. The van der Waals surface area contributed by atoms with Crippen molar-refractivity contribution in [3.05, 3.63) is 46.2 Å². The van der Waals surface area contributed by atoms with Gasteiger partial charge >= 0.3 is 0 Å². The number of hydrogen-bond acceptors (Lipinski definition) is 3. The van der Waals surface area contributed by atoms with E-state index in [4.69, 9.17) is 10.5 Å². The summed E-state index contributed by atoms with van der Waals surface area (Å²) in [5.41, 5.74) is 7.21. The summed E-state index contributed by atoms with van der Waals surface area (Å²) < 4.78 is 6.55. The standard InChI is InChI=1S/C15H20N4O2.HI/c1-19-13-6-4-3-5-11(13)9-12(14(19)20)10-18-15(16)17-7-8-21-2;/h3-6,9H,7-8,10H2,1-2H3,(H3,16,17,18);1H. The van der Waals surface area contributed by atoms with Crippen LogP contribution >= 0.6 is 24.0 Å². The van der Waals surface area contributed by atoms with E-state index in [1.807, 2.05) is 30.3 Å². The van der Waals surface area contributed by atoms with Gasteiger partial charge in [0.1, 0.15) is 0 Å². The van der Waals surface area contributed by atoms with Crippen LogP contribution in [0.15, 0.2) is 40.1 Å². The molecule has 0 fully saturated rings. The second kappa shape index (κ2) is 8.74.